The van der Waals surface area contributed by atoms with Crippen LogP contribution < -0.4 is 10.7 Å². The van der Waals surface area contributed by atoms with Crippen LogP contribution in [0, 0.1) is 11.8 Å². The fraction of sp³-hybridized carbons (Fsp3) is 0.583. The molecule has 0 spiro atoms. The highest BCUT2D eigenvalue weighted by atomic mass is 32.2. The average molecular weight is 460 g/mol. The minimum atomic E-state index is -3.72. The summed E-state index contributed by atoms with van der Waals surface area (Å²) in [5, 5.41) is 3.25. The van der Waals surface area contributed by atoms with Gasteiger partial charge < -0.3 is 9.88 Å². The summed E-state index contributed by atoms with van der Waals surface area (Å²) in [5.41, 5.74) is 0.229. The van der Waals surface area contributed by atoms with E-state index in [-0.39, 0.29) is 39.6 Å². The van der Waals surface area contributed by atoms with Crippen molar-refractivity contribution in [3.05, 3.63) is 40.2 Å². The number of nitrogens with zero attached hydrogens (tertiary/aromatic N) is 2. The van der Waals surface area contributed by atoms with Crippen LogP contribution in [0.4, 0.5) is 0 Å². The Bertz CT molecular complexity index is 1170. The summed E-state index contributed by atoms with van der Waals surface area (Å²) in [6, 6.07) is 4.74. The molecule has 1 amide bonds. The van der Waals surface area contributed by atoms with E-state index in [0.29, 0.717) is 18.6 Å². The van der Waals surface area contributed by atoms with Gasteiger partial charge in [0, 0.05) is 37.8 Å². The fourth-order valence-corrected chi connectivity index (χ4v) is 6.96. The number of benzene rings is 1. The van der Waals surface area contributed by atoms with Crippen LogP contribution in [0.2, 0.25) is 0 Å². The zero-order chi connectivity index (χ0) is 23.0. The Balaban J connectivity index is 1.70. The van der Waals surface area contributed by atoms with Crippen molar-refractivity contribution in [1.82, 2.24) is 14.2 Å². The van der Waals surface area contributed by atoms with Gasteiger partial charge in [-0.15, -0.1) is 0 Å². The van der Waals surface area contributed by atoms with Gasteiger partial charge in [-0.3, -0.25) is 9.59 Å². The van der Waals surface area contributed by atoms with E-state index < -0.39 is 15.5 Å². The Morgan fingerprint density at radius 2 is 1.72 bits per heavy atom. The first-order valence-electron chi connectivity index (χ1n) is 11.6. The van der Waals surface area contributed by atoms with E-state index in [1.54, 1.807) is 29.9 Å². The molecule has 1 N–H and O–H groups in total. The van der Waals surface area contributed by atoms with Crippen LogP contribution in [-0.4, -0.2) is 42.3 Å². The first-order chi connectivity index (χ1) is 15.2. The number of sulfonamides is 1. The molecule has 1 aliphatic heterocycles. The zero-order valence-corrected chi connectivity index (χ0v) is 20.0. The predicted octanol–water partition coefficient (Wildman–Crippen LogP) is 3.27. The highest BCUT2D eigenvalue weighted by Gasteiger charge is 2.32. The van der Waals surface area contributed by atoms with Crippen LogP contribution in [0.3, 0.4) is 0 Å². The number of aryl methyl sites for hydroxylation is 1. The largest absolute Gasteiger partial charge is 0.350 e. The predicted molar refractivity (Wildman–Crippen MR) is 125 cm³/mol. The summed E-state index contributed by atoms with van der Waals surface area (Å²) in [5.74, 6) is 0.195. The smallest absolute Gasteiger partial charge is 0.256 e. The topological polar surface area (TPSA) is 88.5 Å². The maximum absolute atomic E-state index is 13.3. The second-order valence-electron chi connectivity index (χ2n) is 9.74. The number of hydrogen-bond acceptors (Lipinski definition) is 4. The Morgan fingerprint density at radius 3 is 2.38 bits per heavy atom. The highest BCUT2D eigenvalue weighted by molar-refractivity contribution is 7.89. The quantitative estimate of drug-likeness (QED) is 0.760. The molecule has 0 unspecified atom stereocenters. The molecule has 174 valence electrons. The molecule has 1 aromatic carbocycles. The Hall–Kier alpha value is -2.19. The summed E-state index contributed by atoms with van der Waals surface area (Å²) in [6.07, 6.45) is 7.74. The molecular formula is C24H33N3O4S. The van der Waals surface area contributed by atoms with Crippen molar-refractivity contribution in [2.75, 3.05) is 13.1 Å². The molecule has 2 aliphatic rings. The summed E-state index contributed by atoms with van der Waals surface area (Å²) < 4.78 is 29.9. The molecule has 32 heavy (non-hydrogen) atoms. The molecule has 0 bridgehead atoms. The summed E-state index contributed by atoms with van der Waals surface area (Å²) >= 11 is 0. The Kier molecular flexibility index (Phi) is 6.45. The van der Waals surface area contributed by atoms with Gasteiger partial charge in [0.2, 0.25) is 15.5 Å². The third-order valence-electron chi connectivity index (χ3n) is 6.82. The molecule has 1 saturated carbocycles. The number of nitrogens with one attached hydrogen (secondary N) is 1. The van der Waals surface area contributed by atoms with Gasteiger partial charge in [0.25, 0.3) is 5.91 Å². The number of carbonyl (C=O) groups excluding carboxylic acids is 1. The van der Waals surface area contributed by atoms with Gasteiger partial charge >= 0.3 is 0 Å². The third-order valence-corrected chi connectivity index (χ3v) is 8.65. The number of hydrogen-bond donors (Lipinski definition) is 1. The molecule has 1 saturated heterocycles. The minimum absolute atomic E-state index is 0.0559. The summed E-state index contributed by atoms with van der Waals surface area (Å²) in [7, 11) is -1.95. The molecular weight excluding hydrogens is 426 g/mol. The van der Waals surface area contributed by atoms with Crippen LogP contribution in [0.15, 0.2) is 34.1 Å². The van der Waals surface area contributed by atoms with Crippen molar-refractivity contribution >= 4 is 26.8 Å². The second kappa shape index (κ2) is 8.98. The number of fused-ring (bicyclic) bond motifs is 1. The van der Waals surface area contributed by atoms with Crippen molar-refractivity contribution in [2.24, 2.45) is 18.9 Å². The van der Waals surface area contributed by atoms with Crippen molar-refractivity contribution in [2.45, 2.75) is 63.3 Å². The molecule has 8 heteroatoms. The molecule has 2 fully saturated rings. The lowest BCUT2D eigenvalue weighted by Crippen LogP contribution is -2.42. The van der Waals surface area contributed by atoms with E-state index in [4.69, 9.17) is 0 Å². The molecule has 1 aliphatic carbocycles. The van der Waals surface area contributed by atoms with Crippen LogP contribution in [0.5, 0.6) is 0 Å². The van der Waals surface area contributed by atoms with E-state index in [1.165, 1.54) is 16.8 Å². The number of piperidine rings is 1. The third kappa shape index (κ3) is 4.48. The zero-order valence-electron chi connectivity index (χ0n) is 19.1. The SMILES string of the molecule is C[C@H]1C[C@H](C)CN(S(=O)(=O)c2ccc3c(c2)c(=O)c(C(=O)NC2CCCCC2)cn3C)C1. The lowest BCUT2D eigenvalue weighted by molar-refractivity contribution is 0.0926. The van der Waals surface area contributed by atoms with Crippen molar-refractivity contribution < 1.29 is 13.2 Å². The van der Waals surface area contributed by atoms with E-state index in [9.17, 15) is 18.0 Å². The maximum atomic E-state index is 13.3. The Morgan fingerprint density at radius 1 is 1.06 bits per heavy atom. The average Bonchev–Trinajstić information content (AvgIpc) is 2.76. The summed E-state index contributed by atoms with van der Waals surface area (Å²) in [6.45, 7) is 5.08. The lowest BCUT2D eigenvalue weighted by atomic mass is 9.94. The van der Waals surface area contributed by atoms with Gasteiger partial charge in [0.15, 0.2) is 0 Å². The van der Waals surface area contributed by atoms with Crippen molar-refractivity contribution in [3.8, 4) is 0 Å². The number of aromatic nitrogens is 1. The first-order valence-corrected chi connectivity index (χ1v) is 13.0. The maximum Gasteiger partial charge on any atom is 0.256 e. The molecule has 0 radical (unpaired) electrons. The molecule has 1 aromatic heterocycles. The van der Waals surface area contributed by atoms with E-state index >= 15 is 0 Å². The van der Waals surface area contributed by atoms with Crippen LogP contribution >= 0.6 is 0 Å². The van der Waals surface area contributed by atoms with Crippen molar-refractivity contribution in [1.29, 1.82) is 0 Å². The van der Waals surface area contributed by atoms with Crippen molar-refractivity contribution in [3.63, 3.8) is 0 Å². The number of pyridine rings is 1. The van der Waals surface area contributed by atoms with Gasteiger partial charge in [-0.05, 0) is 49.3 Å². The van der Waals surface area contributed by atoms with Crippen LogP contribution in [0.25, 0.3) is 10.9 Å². The molecule has 7 nitrogen and oxygen atoms in total. The monoisotopic (exact) mass is 459 g/mol. The van der Waals surface area contributed by atoms with E-state index in [0.717, 1.165) is 32.1 Å². The fourth-order valence-electron chi connectivity index (χ4n) is 5.25. The minimum Gasteiger partial charge on any atom is -0.350 e. The van der Waals surface area contributed by atoms with Gasteiger partial charge in [0.05, 0.1) is 10.4 Å². The molecule has 2 atom stereocenters. The van der Waals surface area contributed by atoms with Crippen LogP contribution in [-0.2, 0) is 17.1 Å². The van der Waals surface area contributed by atoms with Gasteiger partial charge in [-0.25, -0.2) is 8.42 Å². The highest BCUT2D eigenvalue weighted by Crippen LogP contribution is 2.28. The molecule has 2 aromatic rings. The first kappa shape index (κ1) is 23.0. The Labute approximate surface area is 189 Å². The van der Waals surface area contributed by atoms with E-state index in [1.807, 2.05) is 0 Å². The molecule has 4 rings (SSSR count). The van der Waals surface area contributed by atoms with Gasteiger partial charge in [-0.1, -0.05) is 33.1 Å². The standard InChI is InChI=1S/C24H33N3O4S/c1-16-11-17(2)14-27(13-16)32(30,31)19-9-10-22-20(12-19)23(28)21(15-26(22)3)24(29)25-18-7-5-4-6-8-18/h9-10,12,15-18H,4-8,11,13-14H2,1-3H3,(H,25,29)/t16-,17-/m0/s1. The van der Waals surface area contributed by atoms with Crippen LogP contribution in [0.1, 0.15) is 62.7 Å². The normalized spacial score (nSPS) is 23.3. The lowest BCUT2D eigenvalue weighted by Gasteiger charge is -2.34. The number of rotatable bonds is 4. The molecule has 2 heterocycles. The second-order valence-corrected chi connectivity index (χ2v) is 11.7. The van der Waals surface area contributed by atoms with Gasteiger partial charge in [-0.2, -0.15) is 4.31 Å². The number of carbonyl (C=O) groups is 1. The summed E-state index contributed by atoms with van der Waals surface area (Å²) in [4.78, 5) is 26.2. The number of amides is 1. The van der Waals surface area contributed by atoms with Gasteiger partial charge in [0.1, 0.15) is 5.56 Å². The van der Waals surface area contributed by atoms with E-state index in [2.05, 4.69) is 19.2 Å².